The average Bonchev–Trinajstić information content (AvgIpc) is 2.35. The third-order valence-electron chi connectivity index (χ3n) is 2.90. The smallest absolute Gasteiger partial charge is 0.162 e. The first kappa shape index (κ1) is 12.5. The van der Waals surface area contributed by atoms with E-state index in [4.69, 9.17) is 9.47 Å². The van der Waals surface area contributed by atoms with Crippen molar-refractivity contribution in [1.29, 1.82) is 0 Å². The van der Waals surface area contributed by atoms with Crippen molar-refractivity contribution in [2.45, 2.75) is 6.92 Å². The summed E-state index contributed by atoms with van der Waals surface area (Å²) in [6.45, 7) is 1.99. The number of rotatable bonds is 3. The van der Waals surface area contributed by atoms with Gasteiger partial charge in [0.05, 0.1) is 19.7 Å². The van der Waals surface area contributed by atoms with Crippen molar-refractivity contribution in [3.8, 4) is 11.5 Å². The number of benzene rings is 1. The highest BCUT2D eigenvalue weighted by Crippen LogP contribution is 2.35. The van der Waals surface area contributed by atoms with Crippen LogP contribution in [-0.2, 0) is 0 Å². The summed E-state index contributed by atoms with van der Waals surface area (Å²) in [7, 11) is 7.31. The van der Waals surface area contributed by atoms with Crippen molar-refractivity contribution in [2.24, 2.45) is 0 Å². The molecule has 0 bridgehead atoms. The SMILES string of the molecule is COc1cc2nc(C)cc(N(C)C)c2cc1OC. The molecule has 2 aromatic rings. The van der Waals surface area contributed by atoms with Gasteiger partial charge in [-0.25, -0.2) is 0 Å². The Hall–Kier alpha value is -1.97. The van der Waals surface area contributed by atoms with Crippen LogP contribution in [0.15, 0.2) is 18.2 Å². The topological polar surface area (TPSA) is 34.6 Å². The van der Waals surface area contributed by atoms with E-state index in [0.717, 1.165) is 28.0 Å². The predicted molar refractivity (Wildman–Crippen MR) is 73.9 cm³/mol. The van der Waals surface area contributed by atoms with E-state index < -0.39 is 0 Å². The molecule has 2 rings (SSSR count). The first-order valence-electron chi connectivity index (χ1n) is 5.77. The first-order valence-corrected chi connectivity index (χ1v) is 5.77. The molecule has 0 radical (unpaired) electrons. The number of ether oxygens (including phenoxy) is 2. The Kier molecular flexibility index (Phi) is 3.28. The zero-order chi connectivity index (χ0) is 13.3. The standard InChI is InChI=1S/C14H18N2O2/c1-9-6-12(16(2)3)10-7-13(17-4)14(18-5)8-11(10)15-9/h6-8H,1-5H3. The van der Waals surface area contributed by atoms with Crippen LogP contribution in [-0.4, -0.2) is 33.3 Å². The van der Waals surface area contributed by atoms with Gasteiger partial charge >= 0.3 is 0 Å². The third-order valence-corrected chi connectivity index (χ3v) is 2.90. The van der Waals surface area contributed by atoms with Crippen LogP contribution >= 0.6 is 0 Å². The van der Waals surface area contributed by atoms with Crippen LogP contribution < -0.4 is 14.4 Å². The third kappa shape index (κ3) is 2.06. The Morgan fingerprint density at radius 1 is 1.00 bits per heavy atom. The Morgan fingerprint density at radius 3 is 2.17 bits per heavy atom. The highest BCUT2D eigenvalue weighted by molar-refractivity contribution is 5.94. The number of methoxy groups -OCH3 is 2. The molecule has 0 aliphatic heterocycles. The van der Waals surface area contributed by atoms with E-state index in [0.29, 0.717) is 5.75 Å². The van der Waals surface area contributed by atoms with Crippen LogP contribution in [0, 0.1) is 6.92 Å². The number of fused-ring (bicyclic) bond motifs is 1. The summed E-state index contributed by atoms with van der Waals surface area (Å²) in [6.07, 6.45) is 0. The summed E-state index contributed by atoms with van der Waals surface area (Å²) in [6, 6.07) is 5.94. The maximum Gasteiger partial charge on any atom is 0.162 e. The molecule has 1 aromatic heterocycles. The highest BCUT2D eigenvalue weighted by atomic mass is 16.5. The molecular formula is C14H18N2O2. The molecule has 0 aliphatic rings. The molecule has 0 saturated carbocycles. The molecule has 0 unspecified atom stereocenters. The zero-order valence-electron chi connectivity index (χ0n) is 11.4. The van der Waals surface area contributed by atoms with Crippen molar-refractivity contribution in [3.05, 3.63) is 23.9 Å². The van der Waals surface area contributed by atoms with E-state index in [1.165, 1.54) is 0 Å². The summed E-state index contributed by atoms with van der Waals surface area (Å²) in [4.78, 5) is 6.61. The largest absolute Gasteiger partial charge is 0.493 e. The van der Waals surface area contributed by atoms with Gasteiger partial charge in [0.15, 0.2) is 11.5 Å². The lowest BCUT2D eigenvalue weighted by Crippen LogP contribution is -2.10. The van der Waals surface area contributed by atoms with Gasteiger partial charge < -0.3 is 14.4 Å². The average molecular weight is 246 g/mol. The quantitative estimate of drug-likeness (QED) is 0.834. The molecular weight excluding hydrogens is 228 g/mol. The fourth-order valence-corrected chi connectivity index (χ4v) is 2.03. The lowest BCUT2D eigenvalue weighted by atomic mass is 10.1. The van der Waals surface area contributed by atoms with Crippen LogP contribution in [0.4, 0.5) is 5.69 Å². The van der Waals surface area contributed by atoms with E-state index in [2.05, 4.69) is 16.0 Å². The first-order chi connectivity index (χ1) is 8.56. The molecule has 0 aliphatic carbocycles. The molecule has 96 valence electrons. The molecule has 0 amide bonds. The van der Waals surface area contributed by atoms with E-state index in [9.17, 15) is 0 Å². The zero-order valence-corrected chi connectivity index (χ0v) is 11.4. The van der Waals surface area contributed by atoms with Crippen LogP contribution in [0.25, 0.3) is 10.9 Å². The number of nitrogens with zero attached hydrogens (tertiary/aromatic N) is 2. The van der Waals surface area contributed by atoms with Gasteiger partial charge in [-0.3, -0.25) is 4.98 Å². The predicted octanol–water partition coefficient (Wildman–Crippen LogP) is 2.63. The van der Waals surface area contributed by atoms with Crippen molar-refractivity contribution >= 4 is 16.6 Å². The van der Waals surface area contributed by atoms with Gasteiger partial charge in [0.25, 0.3) is 0 Å². The minimum atomic E-state index is 0.702. The number of anilines is 1. The fraction of sp³-hybridized carbons (Fsp3) is 0.357. The van der Waals surface area contributed by atoms with E-state index >= 15 is 0 Å². The Balaban J connectivity index is 2.79. The molecule has 0 saturated heterocycles. The molecule has 1 heterocycles. The van der Waals surface area contributed by atoms with Crippen molar-refractivity contribution in [1.82, 2.24) is 4.98 Å². The van der Waals surface area contributed by atoms with Gasteiger partial charge in [-0.2, -0.15) is 0 Å². The molecule has 0 N–H and O–H groups in total. The van der Waals surface area contributed by atoms with Crippen LogP contribution in [0.2, 0.25) is 0 Å². The Bertz CT molecular complexity index is 580. The summed E-state index contributed by atoms with van der Waals surface area (Å²) < 4.78 is 10.6. The summed E-state index contributed by atoms with van der Waals surface area (Å²) >= 11 is 0. The van der Waals surface area contributed by atoms with Crippen LogP contribution in [0.1, 0.15) is 5.69 Å². The summed E-state index contributed by atoms with van der Waals surface area (Å²) in [5.41, 5.74) is 3.02. The van der Waals surface area contributed by atoms with Crippen molar-refractivity contribution in [2.75, 3.05) is 33.2 Å². The lowest BCUT2D eigenvalue weighted by molar-refractivity contribution is 0.356. The highest BCUT2D eigenvalue weighted by Gasteiger charge is 2.11. The second-order valence-electron chi connectivity index (χ2n) is 4.40. The van der Waals surface area contributed by atoms with Gasteiger partial charge in [0, 0.05) is 36.9 Å². The molecule has 4 heteroatoms. The minimum absolute atomic E-state index is 0.702. The van der Waals surface area contributed by atoms with Crippen molar-refractivity contribution < 1.29 is 9.47 Å². The van der Waals surface area contributed by atoms with E-state index in [-0.39, 0.29) is 0 Å². The number of hydrogen-bond acceptors (Lipinski definition) is 4. The van der Waals surface area contributed by atoms with Crippen LogP contribution in [0.5, 0.6) is 11.5 Å². The van der Waals surface area contributed by atoms with Gasteiger partial charge in [0.1, 0.15) is 0 Å². The van der Waals surface area contributed by atoms with Gasteiger partial charge in [0.2, 0.25) is 0 Å². The molecule has 0 spiro atoms. The molecule has 0 atom stereocenters. The lowest BCUT2D eigenvalue weighted by Gasteiger charge is -2.17. The number of pyridine rings is 1. The summed E-state index contributed by atoms with van der Waals surface area (Å²) in [5.74, 6) is 1.42. The van der Waals surface area contributed by atoms with Gasteiger partial charge in [-0.05, 0) is 19.1 Å². The second kappa shape index (κ2) is 4.72. The Labute approximate surface area is 107 Å². The van der Waals surface area contributed by atoms with Crippen molar-refractivity contribution in [3.63, 3.8) is 0 Å². The molecule has 18 heavy (non-hydrogen) atoms. The van der Waals surface area contributed by atoms with Crippen LogP contribution in [0.3, 0.4) is 0 Å². The number of aryl methyl sites for hydroxylation is 1. The number of aromatic nitrogens is 1. The minimum Gasteiger partial charge on any atom is -0.493 e. The van der Waals surface area contributed by atoms with Gasteiger partial charge in [-0.1, -0.05) is 0 Å². The fourth-order valence-electron chi connectivity index (χ4n) is 2.03. The second-order valence-corrected chi connectivity index (χ2v) is 4.40. The Morgan fingerprint density at radius 2 is 1.61 bits per heavy atom. The number of hydrogen-bond donors (Lipinski definition) is 0. The monoisotopic (exact) mass is 246 g/mol. The van der Waals surface area contributed by atoms with E-state index in [1.54, 1.807) is 14.2 Å². The molecule has 0 fully saturated rings. The summed E-state index contributed by atoms with van der Waals surface area (Å²) in [5, 5.41) is 1.06. The van der Waals surface area contributed by atoms with Gasteiger partial charge in [-0.15, -0.1) is 0 Å². The normalized spacial score (nSPS) is 10.5. The maximum absolute atomic E-state index is 5.34. The molecule has 4 nitrogen and oxygen atoms in total. The maximum atomic E-state index is 5.34. The van der Waals surface area contributed by atoms with E-state index in [1.807, 2.05) is 33.2 Å². The molecule has 1 aromatic carbocycles.